The second kappa shape index (κ2) is 7.56. The zero-order chi connectivity index (χ0) is 21.8. The molecule has 0 saturated heterocycles. The van der Waals surface area contributed by atoms with Crippen molar-refractivity contribution >= 4 is 34.9 Å². The van der Waals surface area contributed by atoms with Crippen molar-refractivity contribution in [3.63, 3.8) is 0 Å². The Labute approximate surface area is 186 Å². The molecule has 0 radical (unpaired) electrons. The molecule has 3 aromatic carbocycles. The topological polar surface area (TPSA) is 25.8 Å². The normalized spacial score (nSPS) is 15.3. The average molecular weight is 425 g/mol. The second-order valence-corrected chi connectivity index (χ2v) is 15.4. The maximum absolute atomic E-state index is 4.81. The number of aryl methyl sites for hydroxylation is 2. The van der Waals surface area contributed by atoms with Gasteiger partial charge in [-0.3, -0.25) is 0 Å². The molecule has 2 nitrogen and oxygen atoms in total. The molecular weight excluding hydrogens is 392 g/mol. The van der Waals surface area contributed by atoms with Crippen molar-refractivity contribution in [2.75, 3.05) is 0 Å². The van der Waals surface area contributed by atoms with E-state index in [1.165, 1.54) is 58.3 Å². The van der Waals surface area contributed by atoms with Gasteiger partial charge in [0.1, 0.15) is 6.33 Å². The number of hydrogen-bond donors (Lipinski definition) is 0. The van der Waals surface area contributed by atoms with E-state index >= 15 is 0 Å². The van der Waals surface area contributed by atoms with Gasteiger partial charge in [-0.1, -0.05) is 74.1 Å². The van der Waals surface area contributed by atoms with Crippen LogP contribution in [0.1, 0.15) is 48.3 Å². The highest BCUT2D eigenvalue weighted by Gasteiger charge is 2.23. The van der Waals surface area contributed by atoms with Crippen LogP contribution in [0.15, 0.2) is 48.8 Å². The summed E-state index contributed by atoms with van der Waals surface area (Å²) in [7, 11) is -1.31. The molecule has 4 aromatic rings. The van der Waals surface area contributed by atoms with Gasteiger partial charge in [0.05, 0.1) is 19.3 Å². The van der Waals surface area contributed by atoms with Crippen LogP contribution in [0.2, 0.25) is 19.6 Å². The van der Waals surface area contributed by atoms with Crippen molar-refractivity contribution in [2.24, 2.45) is 0 Å². The molecule has 0 spiro atoms. The molecule has 1 saturated carbocycles. The molecule has 0 amide bonds. The summed E-state index contributed by atoms with van der Waals surface area (Å²) < 4.78 is 0. The molecule has 0 N–H and O–H groups in total. The van der Waals surface area contributed by atoms with Gasteiger partial charge in [-0.2, -0.15) is 0 Å². The highest BCUT2D eigenvalue weighted by atomic mass is 28.3. The maximum Gasteiger partial charge on any atom is 0.116 e. The van der Waals surface area contributed by atoms with Crippen molar-refractivity contribution in [1.82, 2.24) is 9.97 Å². The Morgan fingerprint density at radius 1 is 0.871 bits per heavy atom. The molecule has 0 bridgehead atoms. The molecule has 0 unspecified atom stereocenters. The van der Waals surface area contributed by atoms with Crippen molar-refractivity contribution in [1.29, 1.82) is 0 Å². The van der Waals surface area contributed by atoms with Crippen LogP contribution in [-0.4, -0.2) is 18.0 Å². The Morgan fingerprint density at radius 2 is 1.58 bits per heavy atom. The van der Waals surface area contributed by atoms with E-state index in [1.807, 2.05) is 0 Å². The van der Waals surface area contributed by atoms with Crippen molar-refractivity contribution in [2.45, 2.75) is 65.1 Å². The number of benzene rings is 3. The van der Waals surface area contributed by atoms with E-state index in [-0.39, 0.29) is 0 Å². The van der Waals surface area contributed by atoms with Gasteiger partial charge in [0.25, 0.3) is 0 Å². The lowest BCUT2D eigenvalue weighted by molar-refractivity contribution is 0.714. The fourth-order valence-corrected chi connectivity index (χ4v) is 6.77. The van der Waals surface area contributed by atoms with Gasteiger partial charge in [-0.25, -0.2) is 9.97 Å². The minimum Gasteiger partial charge on any atom is -0.236 e. The summed E-state index contributed by atoms with van der Waals surface area (Å²) in [4.78, 5) is 9.53. The summed E-state index contributed by atoms with van der Waals surface area (Å²) >= 11 is 0. The van der Waals surface area contributed by atoms with Crippen molar-refractivity contribution in [3.8, 4) is 11.3 Å². The highest BCUT2D eigenvalue weighted by molar-refractivity contribution is 6.88. The van der Waals surface area contributed by atoms with E-state index in [0.29, 0.717) is 5.92 Å². The predicted molar refractivity (Wildman–Crippen MR) is 136 cm³/mol. The largest absolute Gasteiger partial charge is 0.236 e. The Bertz CT molecular complexity index is 1280. The monoisotopic (exact) mass is 424 g/mol. The van der Waals surface area contributed by atoms with Gasteiger partial charge in [0, 0.05) is 16.3 Å². The molecule has 158 valence electrons. The van der Waals surface area contributed by atoms with Gasteiger partial charge in [-0.15, -0.1) is 0 Å². The molecule has 31 heavy (non-hydrogen) atoms. The molecule has 1 aliphatic rings. The zero-order valence-corrected chi connectivity index (χ0v) is 20.4. The summed E-state index contributed by atoms with van der Waals surface area (Å²) in [5.41, 5.74) is 7.73. The number of nitrogens with zero attached hydrogens (tertiary/aromatic N) is 2. The van der Waals surface area contributed by atoms with E-state index in [1.54, 1.807) is 11.9 Å². The van der Waals surface area contributed by atoms with E-state index in [2.05, 4.69) is 76.0 Å². The third kappa shape index (κ3) is 3.49. The standard InChI is InChI=1S/C28H32N2Si/c1-18-16-22-12-15-24-27(21-10-13-23(14-11-21)31(3,4)5)29-17-30-28(24)26(22)19(2)25(18)20-8-6-7-9-20/h10-17,20H,6-9H2,1-5H3. The maximum atomic E-state index is 4.81. The lowest BCUT2D eigenvalue weighted by Crippen LogP contribution is -2.37. The molecule has 1 heterocycles. The minimum absolute atomic E-state index is 0.704. The van der Waals surface area contributed by atoms with Crippen LogP contribution in [0.4, 0.5) is 0 Å². The highest BCUT2D eigenvalue weighted by Crippen LogP contribution is 2.41. The summed E-state index contributed by atoms with van der Waals surface area (Å²) in [6.07, 6.45) is 7.11. The summed E-state index contributed by atoms with van der Waals surface area (Å²) in [5, 5.41) is 5.24. The van der Waals surface area contributed by atoms with E-state index in [9.17, 15) is 0 Å². The lowest BCUT2D eigenvalue weighted by Gasteiger charge is -2.20. The smallest absolute Gasteiger partial charge is 0.116 e. The second-order valence-electron chi connectivity index (χ2n) is 10.3. The third-order valence-corrected chi connectivity index (χ3v) is 9.27. The van der Waals surface area contributed by atoms with E-state index in [0.717, 1.165) is 16.6 Å². The number of rotatable bonds is 3. The Morgan fingerprint density at radius 3 is 2.26 bits per heavy atom. The predicted octanol–water partition coefficient (Wildman–Crippen LogP) is 7.27. The van der Waals surface area contributed by atoms with Crippen LogP contribution in [0, 0.1) is 13.8 Å². The average Bonchev–Trinajstić information content (AvgIpc) is 3.26. The Hall–Kier alpha value is -2.52. The summed E-state index contributed by atoms with van der Waals surface area (Å²) in [6.45, 7) is 11.8. The quantitative estimate of drug-likeness (QED) is 0.255. The molecule has 3 heteroatoms. The molecule has 0 atom stereocenters. The van der Waals surface area contributed by atoms with Gasteiger partial charge in [0.15, 0.2) is 0 Å². The molecule has 1 aromatic heterocycles. The van der Waals surface area contributed by atoms with Crippen molar-refractivity contribution < 1.29 is 0 Å². The van der Waals surface area contributed by atoms with Crippen LogP contribution < -0.4 is 5.19 Å². The number of hydrogen-bond acceptors (Lipinski definition) is 2. The molecule has 0 aliphatic heterocycles. The first-order valence-electron chi connectivity index (χ1n) is 11.6. The van der Waals surface area contributed by atoms with Gasteiger partial charge in [-0.05, 0) is 60.7 Å². The molecule has 5 rings (SSSR count). The van der Waals surface area contributed by atoms with Gasteiger partial charge < -0.3 is 0 Å². The first-order valence-corrected chi connectivity index (χ1v) is 15.1. The van der Waals surface area contributed by atoms with Crippen molar-refractivity contribution in [3.05, 3.63) is 65.5 Å². The molecule has 1 fully saturated rings. The summed E-state index contributed by atoms with van der Waals surface area (Å²) in [6, 6.07) is 15.9. The van der Waals surface area contributed by atoms with Crippen LogP contribution in [0.3, 0.4) is 0 Å². The van der Waals surface area contributed by atoms with E-state index < -0.39 is 8.07 Å². The van der Waals surface area contributed by atoms with Crippen LogP contribution in [0.25, 0.3) is 32.9 Å². The SMILES string of the molecule is Cc1cc2ccc3c(-c4ccc([Si](C)(C)C)cc4)ncnc3c2c(C)c1C1CCCC1. The Balaban J connectivity index is 1.72. The van der Waals surface area contributed by atoms with Crippen LogP contribution >= 0.6 is 0 Å². The van der Waals surface area contributed by atoms with Crippen LogP contribution in [0.5, 0.6) is 0 Å². The fraction of sp³-hybridized carbons (Fsp3) is 0.357. The summed E-state index contributed by atoms with van der Waals surface area (Å²) in [5.74, 6) is 0.704. The minimum atomic E-state index is -1.31. The third-order valence-electron chi connectivity index (χ3n) is 7.20. The van der Waals surface area contributed by atoms with Gasteiger partial charge >= 0.3 is 0 Å². The number of aromatic nitrogens is 2. The molecular formula is C28H32N2Si. The Kier molecular flexibility index (Phi) is 4.97. The molecule has 1 aliphatic carbocycles. The number of fused-ring (bicyclic) bond motifs is 3. The lowest BCUT2D eigenvalue weighted by atomic mass is 9.85. The first-order chi connectivity index (χ1) is 14.8. The fourth-order valence-electron chi connectivity index (χ4n) is 5.60. The first kappa shape index (κ1) is 20.4. The van der Waals surface area contributed by atoms with E-state index in [4.69, 9.17) is 9.97 Å². The zero-order valence-electron chi connectivity index (χ0n) is 19.4. The van der Waals surface area contributed by atoms with Gasteiger partial charge in [0.2, 0.25) is 0 Å². The van der Waals surface area contributed by atoms with Crippen LogP contribution in [-0.2, 0) is 0 Å².